The maximum Gasteiger partial charge on any atom is 0.322 e. The van der Waals surface area contributed by atoms with Crippen LogP contribution >= 0.6 is 11.6 Å². The number of hydrogen-bond acceptors (Lipinski definition) is 5. The maximum absolute atomic E-state index is 13.4. The van der Waals surface area contributed by atoms with Crippen LogP contribution < -0.4 is 5.32 Å². The van der Waals surface area contributed by atoms with E-state index in [9.17, 15) is 14.0 Å². The van der Waals surface area contributed by atoms with Gasteiger partial charge in [-0.05, 0) is 39.2 Å². The summed E-state index contributed by atoms with van der Waals surface area (Å²) in [4.78, 5) is 35.5. The Hall–Kier alpha value is -2.69. The number of hydrogen-bond donors (Lipinski definition) is 1. The number of anilines is 1. The number of nitrogens with one attached hydrogen (secondary N) is 1. The summed E-state index contributed by atoms with van der Waals surface area (Å²) in [6.07, 6.45) is 0.282. The van der Waals surface area contributed by atoms with E-state index in [0.29, 0.717) is 30.9 Å². The highest BCUT2D eigenvalue weighted by Gasteiger charge is 2.37. The molecule has 1 aromatic heterocycles. The second-order valence-electron chi connectivity index (χ2n) is 8.49. The molecule has 4 rings (SSSR count). The summed E-state index contributed by atoms with van der Waals surface area (Å²) in [6, 6.07) is 3.51. The summed E-state index contributed by atoms with van der Waals surface area (Å²) < 4.78 is 15.1. The predicted molar refractivity (Wildman–Crippen MR) is 117 cm³/mol. The average Bonchev–Trinajstić information content (AvgIpc) is 2.99. The number of rotatable bonds is 3. The van der Waals surface area contributed by atoms with Gasteiger partial charge in [0.1, 0.15) is 17.6 Å². The number of fused-ring (bicyclic) bond motifs is 3. The third kappa shape index (κ3) is 4.30. The van der Waals surface area contributed by atoms with E-state index in [-0.39, 0.29) is 35.7 Å². The highest BCUT2D eigenvalue weighted by molar-refractivity contribution is 6.31. The molecule has 2 atom stereocenters. The molecule has 1 unspecified atom stereocenters. The van der Waals surface area contributed by atoms with Crippen LogP contribution in [-0.2, 0) is 24.3 Å². The summed E-state index contributed by atoms with van der Waals surface area (Å²) in [6.45, 7) is 3.22. The topological polar surface area (TPSA) is 82.9 Å². The van der Waals surface area contributed by atoms with Crippen molar-refractivity contribution in [1.29, 1.82) is 0 Å². The van der Waals surface area contributed by atoms with E-state index in [1.165, 1.54) is 23.3 Å². The van der Waals surface area contributed by atoms with Crippen molar-refractivity contribution >= 4 is 29.2 Å². The van der Waals surface area contributed by atoms with Gasteiger partial charge in [-0.3, -0.25) is 14.3 Å². The average molecular weight is 465 g/mol. The molecule has 0 radical (unpaired) electrons. The van der Waals surface area contributed by atoms with Crippen LogP contribution in [0.1, 0.15) is 28.7 Å². The minimum absolute atomic E-state index is 0.0698. The Bertz CT molecular complexity index is 1060. The highest BCUT2D eigenvalue weighted by atomic mass is 35.5. The molecular formula is C21H26ClFN6O3. The molecule has 0 aliphatic carbocycles. The van der Waals surface area contributed by atoms with Crippen molar-refractivity contribution in [2.75, 3.05) is 33.0 Å². The molecule has 3 amide bonds. The zero-order valence-corrected chi connectivity index (χ0v) is 19.2. The first-order chi connectivity index (χ1) is 15.1. The standard InChI is InChI=1S/C21H26ClFN6O3/c1-12-7-18-15(11-28(12)21(31)24-13-5-6-17(23)16(22)8-13)19-20(30)27(4)32-14(9-26(2)3)10-29(19)25-18/h5-6,8,12,14H,7,9-11H2,1-4H3,(H,24,31)/t12-,14?/m1/s1. The van der Waals surface area contributed by atoms with E-state index in [4.69, 9.17) is 21.5 Å². The molecule has 0 spiro atoms. The van der Waals surface area contributed by atoms with E-state index in [1.807, 2.05) is 25.9 Å². The first kappa shape index (κ1) is 22.5. The van der Waals surface area contributed by atoms with Crippen molar-refractivity contribution in [3.63, 3.8) is 0 Å². The van der Waals surface area contributed by atoms with Gasteiger partial charge in [-0.2, -0.15) is 5.10 Å². The Morgan fingerprint density at radius 3 is 2.84 bits per heavy atom. The van der Waals surface area contributed by atoms with Crippen molar-refractivity contribution in [2.24, 2.45) is 0 Å². The summed E-state index contributed by atoms with van der Waals surface area (Å²) >= 11 is 5.82. The maximum atomic E-state index is 13.4. The monoisotopic (exact) mass is 464 g/mol. The van der Waals surface area contributed by atoms with Gasteiger partial charge in [0, 0.05) is 37.3 Å². The normalized spacial score (nSPS) is 20.8. The zero-order valence-electron chi connectivity index (χ0n) is 18.4. The molecular weight excluding hydrogens is 439 g/mol. The zero-order chi connectivity index (χ0) is 23.2. The second-order valence-corrected chi connectivity index (χ2v) is 8.90. The van der Waals surface area contributed by atoms with Crippen LogP contribution in [0.25, 0.3) is 0 Å². The van der Waals surface area contributed by atoms with Gasteiger partial charge >= 0.3 is 6.03 Å². The number of urea groups is 1. The van der Waals surface area contributed by atoms with Crippen molar-refractivity contribution < 1.29 is 18.8 Å². The molecule has 32 heavy (non-hydrogen) atoms. The fraction of sp³-hybridized carbons (Fsp3) is 0.476. The Labute approximate surface area is 190 Å². The molecule has 0 fully saturated rings. The third-order valence-corrected chi connectivity index (χ3v) is 5.95. The van der Waals surface area contributed by atoms with Crippen LogP contribution in [0.15, 0.2) is 18.2 Å². The molecule has 0 bridgehead atoms. The fourth-order valence-corrected chi connectivity index (χ4v) is 4.33. The molecule has 11 heteroatoms. The summed E-state index contributed by atoms with van der Waals surface area (Å²) in [5.41, 5.74) is 2.37. The first-order valence-corrected chi connectivity index (χ1v) is 10.7. The van der Waals surface area contributed by atoms with Crippen LogP contribution in [0.4, 0.5) is 14.9 Å². The van der Waals surface area contributed by atoms with Gasteiger partial charge < -0.3 is 15.1 Å². The third-order valence-electron chi connectivity index (χ3n) is 5.66. The minimum atomic E-state index is -0.555. The van der Waals surface area contributed by atoms with Crippen molar-refractivity contribution in [3.05, 3.63) is 46.0 Å². The molecule has 0 saturated heterocycles. The number of aromatic nitrogens is 2. The van der Waals surface area contributed by atoms with Crippen LogP contribution in [0.2, 0.25) is 5.02 Å². The molecule has 2 aliphatic rings. The molecule has 3 heterocycles. The van der Waals surface area contributed by atoms with Crippen LogP contribution in [0, 0.1) is 5.82 Å². The Morgan fingerprint density at radius 2 is 2.16 bits per heavy atom. The molecule has 172 valence electrons. The number of carbonyl (C=O) groups is 2. The van der Waals surface area contributed by atoms with E-state index in [0.717, 1.165) is 11.3 Å². The summed E-state index contributed by atoms with van der Waals surface area (Å²) in [5.74, 6) is -0.846. The van der Waals surface area contributed by atoms with Gasteiger partial charge in [0.15, 0.2) is 0 Å². The molecule has 1 N–H and O–H groups in total. The van der Waals surface area contributed by atoms with Gasteiger partial charge in [0.05, 0.1) is 23.8 Å². The molecule has 0 saturated carbocycles. The Morgan fingerprint density at radius 1 is 1.41 bits per heavy atom. The van der Waals surface area contributed by atoms with E-state index in [1.54, 1.807) is 16.6 Å². The minimum Gasteiger partial charge on any atom is -0.317 e. The Kier molecular flexibility index (Phi) is 6.11. The molecule has 1 aromatic carbocycles. The van der Waals surface area contributed by atoms with Gasteiger partial charge in [0.2, 0.25) is 0 Å². The highest BCUT2D eigenvalue weighted by Crippen LogP contribution is 2.29. The van der Waals surface area contributed by atoms with Gasteiger partial charge in [0.25, 0.3) is 5.91 Å². The number of likely N-dealkylation sites (N-methyl/N-ethyl adjacent to an activating group) is 1. The second kappa shape index (κ2) is 8.68. The van der Waals surface area contributed by atoms with Gasteiger partial charge in [-0.25, -0.2) is 14.2 Å². The quantitative estimate of drug-likeness (QED) is 0.755. The predicted octanol–water partition coefficient (Wildman–Crippen LogP) is 2.60. The largest absolute Gasteiger partial charge is 0.322 e. The van der Waals surface area contributed by atoms with Gasteiger partial charge in [-0.15, -0.1) is 0 Å². The summed E-state index contributed by atoms with van der Waals surface area (Å²) in [7, 11) is 5.48. The molecule has 2 aromatic rings. The lowest BCUT2D eigenvalue weighted by atomic mass is 9.99. The van der Waals surface area contributed by atoms with Crippen LogP contribution in [-0.4, -0.2) is 76.4 Å². The number of benzene rings is 1. The first-order valence-electron chi connectivity index (χ1n) is 10.3. The number of hydroxylamine groups is 2. The van der Waals surface area contributed by atoms with Gasteiger partial charge in [-0.1, -0.05) is 11.6 Å². The molecule has 9 nitrogen and oxygen atoms in total. The lowest BCUT2D eigenvalue weighted by Crippen LogP contribution is -2.45. The Balaban J connectivity index is 1.60. The lowest BCUT2D eigenvalue weighted by molar-refractivity contribution is -0.152. The van der Waals surface area contributed by atoms with E-state index in [2.05, 4.69) is 5.32 Å². The van der Waals surface area contributed by atoms with Crippen molar-refractivity contribution in [2.45, 2.75) is 38.6 Å². The van der Waals surface area contributed by atoms with Crippen LogP contribution in [0.5, 0.6) is 0 Å². The fourth-order valence-electron chi connectivity index (χ4n) is 4.15. The number of nitrogens with zero attached hydrogens (tertiary/aromatic N) is 5. The number of amides is 3. The lowest BCUT2D eigenvalue weighted by Gasteiger charge is -2.33. The van der Waals surface area contributed by atoms with E-state index < -0.39 is 5.82 Å². The SMILES string of the molecule is C[C@@H]1Cc2nn3c(c2CN1C(=O)Nc1ccc(F)c(Cl)c1)C(=O)N(C)OC(CN(C)C)C3. The smallest absolute Gasteiger partial charge is 0.317 e. The van der Waals surface area contributed by atoms with E-state index >= 15 is 0 Å². The van der Waals surface area contributed by atoms with Crippen LogP contribution in [0.3, 0.4) is 0 Å². The van der Waals surface area contributed by atoms with Crippen molar-refractivity contribution in [1.82, 2.24) is 24.6 Å². The number of carbonyl (C=O) groups excluding carboxylic acids is 2. The summed E-state index contributed by atoms with van der Waals surface area (Å²) in [5, 5.41) is 8.63. The number of halogens is 2. The molecule has 2 aliphatic heterocycles. The van der Waals surface area contributed by atoms with Crippen molar-refractivity contribution in [3.8, 4) is 0 Å².